The van der Waals surface area contributed by atoms with Crippen LogP contribution in [0.2, 0.25) is 0 Å². The fourth-order valence-corrected chi connectivity index (χ4v) is 2.77. The lowest BCUT2D eigenvalue weighted by Crippen LogP contribution is -2.13. The molecule has 0 spiro atoms. The topological polar surface area (TPSA) is 55.2 Å². The Morgan fingerprint density at radius 3 is 1.65 bits per heavy atom. The van der Waals surface area contributed by atoms with Gasteiger partial charge in [-0.15, -0.1) is 0 Å². The third-order valence-electron chi connectivity index (χ3n) is 4.51. The number of rotatable bonds is 4. The third kappa shape index (κ3) is 3.95. The van der Waals surface area contributed by atoms with Gasteiger partial charge in [-0.05, 0) is 24.7 Å². The molecule has 1 saturated heterocycles. The molecule has 126 valence electrons. The van der Waals surface area contributed by atoms with E-state index in [9.17, 15) is 0 Å². The summed E-state index contributed by atoms with van der Waals surface area (Å²) in [6.07, 6.45) is 6.00. The van der Waals surface area contributed by atoms with E-state index >= 15 is 0 Å². The van der Waals surface area contributed by atoms with Crippen LogP contribution in [0.25, 0.3) is 0 Å². The van der Waals surface area contributed by atoms with E-state index in [2.05, 4.69) is 43.0 Å². The van der Waals surface area contributed by atoms with Crippen LogP contribution in [0.15, 0.2) is 33.5 Å². The van der Waals surface area contributed by atoms with Gasteiger partial charge in [-0.2, -0.15) is 0 Å². The first-order chi connectivity index (χ1) is 11.0. The summed E-state index contributed by atoms with van der Waals surface area (Å²) < 4.78 is 11.3. The number of hydrogen-bond donors (Lipinski definition) is 1. The molecule has 5 nitrogen and oxygen atoms in total. The van der Waals surface area contributed by atoms with Crippen molar-refractivity contribution in [3.05, 3.63) is 23.5 Å². The molecule has 2 unspecified atom stereocenters. The van der Waals surface area contributed by atoms with Crippen LogP contribution in [0.5, 0.6) is 0 Å². The maximum absolute atomic E-state index is 5.66. The summed E-state index contributed by atoms with van der Waals surface area (Å²) in [5, 5.41) is 3.43. The molecule has 0 aromatic heterocycles. The lowest BCUT2D eigenvalue weighted by atomic mass is 10.1. The summed E-state index contributed by atoms with van der Waals surface area (Å²) in [6.45, 7) is 10.1. The number of allylic oxidation sites excluding steroid dienone is 2. The third-order valence-corrected chi connectivity index (χ3v) is 4.51. The first-order valence-electron chi connectivity index (χ1n) is 8.60. The largest absolute Gasteiger partial charge is 0.476 e. The Morgan fingerprint density at radius 2 is 1.30 bits per heavy atom. The lowest BCUT2D eigenvalue weighted by Gasteiger charge is -2.06. The van der Waals surface area contributed by atoms with Crippen LogP contribution < -0.4 is 5.32 Å². The fraction of sp³-hybridized carbons (Fsp3) is 0.667. The highest BCUT2D eigenvalue weighted by Crippen LogP contribution is 2.22. The number of hydrogen-bond acceptors (Lipinski definition) is 5. The van der Waals surface area contributed by atoms with Gasteiger partial charge < -0.3 is 14.8 Å². The second-order valence-electron chi connectivity index (χ2n) is 7.14. The van der Waals surface area contributed by atoms with E-state index < -0.39 is 0 Å². The monoisotopic (exact) mass is 317 g/mol. The zero-order chi connectivity index (χ0) is 16.4. The summed E-state index contributed by atoms with van der Waals surface area (Å²) in [4.78, 5) is 9.24. The standard InChI is InChI=1S/C18H27N3O2/c1-11(2)15-9-22-17(20-15)7-13-5-6-14(19-13)8-18-21-16(10-23-18)12(3)4/h7-8,11-12,15-16,19H,5-6,9-10H2,1-4H3/b13-7-,14-8+. The highest BCUT2D eigenvalue weighted by atomic mass is 16.5. The maximum Gasteiger partial charge on any atom is 0.210 e. The van der Waals surface area contributed by atoms with E-state index in [1.54, 1.807) is 0 Å². The molecule has 23 heavy (non-hydrogen) atoms. The van der Waals surface area contributed by atoms with Crippen molar-refractivity contribution in [1.82, 2.24) is 5.32 Å². The normalized spacial score (nSPS) is 30.7. The average molecular weight is 317 g/mol. The molecule has 1 fully saturated rings. The van der Waals surface area contributed by atoms with Gasteiger partial charge in [0.25, 0.3) is 0 Å². The SMILES string of the molecule is CC(C)C1COC(/C=C2/CC/C(=C\C3=NC(C(C)C)CO3)N2)=N1. The van der Waals surface area contributed by atoms with Crippen LogP contribution in [-0.2, 0) is 9.47 Å². The summed E-state index contributed by atoms with van der Waals surface area (Å²) >= 11 is 0. The van der Waals surface area contributed by atoms with Gasteiger partial charge in [-0.25, -0.2) is 9.98 Å². The van der Waals surface area contributed by atoms with Gasteiger partial charge in [0, 0.05) is 23.5 Å². The van der Waals surface area contributed by atoms with Crippen molar-refractivity contribution < 1.29 is 9.47 Å². The minimum atomic E-state index is 0.285. The molecule has 0 aromatic carbocycles. The van der Waals surface area contributed by atoms with Gasteiger partial charge in [0.2, 0.25) is 11.8 Å². The molecular weight excluding hydrogens is 290 g/mol. The molecule has 5 heteroatoms. The summed E-state index contributed by atoms with van der Waals surface area (Å²) in [5.41, 5.74) is 2.30. The molecule has 1 N–H and O–H groups in total. The Balaban J connectivity index is 1.61. The van der Waals surface area contributed by atoms with E-state index in [0.29, 0.717) is 25.0 Å². The predicted octanol–water partition coefficient (Wildman–Crippen LogP) is 3.04. The number of ether oxygens (including phenoxy) is 2. The molecule has 3 rings (SSSR count). The summed E-state index contributed by atoms with van der Waals surface area (Å²) in [6, 6.07) is 0.569. The number of aliphatic imine (C=N–C) groups is 2. The van der Waals surface area contributed by atoms with Crippen molar-refractivity contribution in [2.75, 3.05) is 13.2 Å². The first-order valence-corrected chi connectivity index (χ1v) is 8.60. The number of nitrogens with one attached hydrogen (secondary N) is 1. The molecule has 0 aromatic rings. The van der Waals surface area contributed by atoms with Gasteiger partial charge in [0.15, 0.2) is 0 Å². The van der Waals surface area contributed by atoms with Crippen LogP contribution in [-0.4, -0.2) is 37.1 Å². The van der Waals surface area contributed by atoms with Crippen molar-refractivity contribution in [2.45, 2.75) is 52.6 Å². The quantitative estimate of drug-likeness (QED) is 0.867. The van der Waals surface area contributed by atoms with Crippen LogP contribution in [0.1, 0.15) is 40.5 Å². The van der Waals surface area contributed by atoms with Crippen LogP contribution >= 0.6 is 0 Å². The second-order valence-corrected chi connectivity index (χ2v) is 7.14. The Hall–Kier alpha value is -1.78. The van der Waals surface area contributed by atoms with Crippen molar-refractivity contribution in [1.29, 1.82) is 0 Å². The van der Waals surface area contributed by atoms with Gasteiger partial charge in [0.1, 0.15) is 13.2 Å². The van der Waals surface area contributed by atoms with Crippen molar-refractivity contribution in [3.63, 3.8) is 0 Å². The highest BCUT2D eigenvalue weighted by Gasteiger charge is 2.23. The molecule has 0 saturated carbocycles. The predicted molar refractivity (Wildman–Crippen MR) is 92.6 cm³/mol. The Kier molecular flexibility index (Phi) is 4.74. The van der Waals surface area contributed by atoms with Crippen LogP contribution in [0.3, 0.4) is 0 Å². The van der Waals surface area contributed by atoms with Gasteiger partial charge in [-0.3, -0.25) is 0 Å². The molecule has 0 radical (unpaired) electrons. The van der Waals surface area contributed by atoms with Crippen molar-refractivity contribution in [2.24, 2.45) is 21.8 Å². The smallest absolute Gasteiger partial charge is 0.210 e. The second kappa shape index (κ2) is 6.77. The Labute approximate surface area is 138 Å². The van der Waals surface area contributed by atoms with E-state index in [0.717, 1.165) is 36.0 Å². The number of nitrogens with zero attached hydrogens (tertiary/aromatic N) is 2. The Morgan fingerprint density at radius 1 is 0.870 bits per heavy atom. The fourth-order valence-electron chi connectivity index (χ4n) is 2.77. The van der Waals surface area contributed by atoms with E-state index in [1.165, 1.54) is 0 Å². The van der Waals surface area contributed by atoms with E-state index in [1.807, 2.05) is 12.2 Å². The molecule has 3 aliphatic rings. The van der Waals surface area contributed by atoms with Gasteiger partial charge in [0.05, 0.1) is 12.1 Å². The van der Waals surface area contributed by atoms with Gasteiger partial charge in [-0.1, -0.05) is 27.7 Å². The van der Waals surface area contributed by atoms with Crippen molar-refractivity contribution in [3.8, 4) is 0 Å². The molecule has 3 heterocycles. The minimum absolute atomic E-state index is 0.285. The van der Waals surface area contributed by atoms with Crippen LogP contribution in [0, 0.1) is 11.8 Å². The first kappa shape index (κ1) is 16.1. The zero-order valence-electron chi connectivity index (χ0n) is 14.5. The maximum atomic E-state index is 5.66. The van der Waals surface area contributed by atoms with E-state index in [4.69, 9.17) is 9.47 Å². The molecule has 0 bridgehead atoms. The molecule has 2 atom stereocenters. The zero-order valence-corrected chi connectivity index (χ0v) is 14.5. The molecular formula is C18H27N3O2. The van der Waals surface area contributed by atoms with Gasteiger partial charge >= 0.3 is 0 Å². The highest BCUT2D eigenvalue weighted by molar-refractivity contribution is 5.91. The van der Waals surface area contributed by atoms with E-state index in [-0.39, 0.29) is 12.1 Å². The summed E-state index contributed by atoms with van der Waals surface area (Å²) in [5.74, 6) is 2.54. The summed E-state index contributed by atoms with van der Waals surface area (Å²) in [7, 11) is 0. The molecule has 3 aliphatic heterocycles. The average Bonchev–Trinajstić information content (AvgIpc) is 3.21. The lowest BCUT2D eigenvalue weighted by molar-refractivity contribution is 0.292. The van der Waals surface area contributed by atoms with Crippen molar-refractivity contribution >= 4 is 11.8 Å². The van der Waals surface area contributed by atoms with Crippen LogP contribution in [0.4, 0.5) is 0 Å². The molecule has 0 aliphatic carbocycles. The Bertz CT molecular complexity index is 523. The minimum Gasteiger partial charge on any atom is -0.476 e. The molecule has 0 amide bonds.